The third-order valence-corrected chi connectivity index (χ3v) is 6.20. The van der Waals surface area contributed by atoms with E-state index in [0.717, 1.165) is 17.7 Å². The van der Waals surface area contributed by atoms with E-state index in [1.165, 1.54) is 17.4 Å². The number of halogens is 3. The molecule has 2 amide bonds. The van der Waals surface area contributed by atoms with Gasteiger partial charge in [0.05, 0.1) is 16.8 Å². The lowest BCUT2D eigenvalue weighted by molar-refractivity contribution is 0.0916. The summed E-state index contributed by atoms with van der Waals surface area (Å²) in [6.45, 7) is 3.24. The first-order chi connectivity index (χ1) is 19.1. The Balaban J connectivity index is 1.46. The Morgan fingerprint density at radius 3 is 2.40 bits per heavy atom. The van der Waals surface area contributed by atoms with E-state index in [1.807, 2.05) is 6.07 Å². The number of carbonyl (C=O) groups is 2. The van der Waals surface area contributed by atoms with Crippen molar-refractivity contribution in [2.45, 2.75) is 39.5 Å². The van der Waals surface area contributed by atoms with E-state index in [4.69, 9.17) is 9.47 Å². The van der Waals surface area contributed by atoms with E-state index >= 15 is 0 Å². The van der Waals surface area contributed by atoms with Crippen LogP contribution < -0.4 is 15.4 Å². The van der Waals surface area contributed by atoms with Crippen LogP contribution in [0.5, 0.6) is 5.75 Å². The molecule has 0 aliphatic rings. The fourth-order valence-electron chi connectivity index (χ4n) is 4.05. The number of carbonyl (C=O) groups excluding carboxylic acids is 2. The van der Waals surface area contributed by atoms with Crippen molar-refractivity contribution in [3.05, 3.63) is 101 Å². The van der Waals surface area contributed by atoms with E-state index in [0.29, 0.717) is 11.3 Å². The maximum atomic E-state index is 14.1. The Hall–Kier alpha value is -4.54. The Kier molecular flexibility index (Phi) is 8.61. The van der Waals surface area contributed by atoms with Crippen LogP contribution in [0, 0.1) is 25.5 Å². The fourth-order valence-corrected chi connectivity index (χ4v) is 4.05. The number of rotatable bonds is 10. The van der Waals surface area contributed by atoms with Gasteiger partial charge >= 0.3 is 6.09 Å². The second-order valence-electron chi connectivity index (χ2n) is 9.67. The minimum atomic E-state index is -1.44. The highest BCUT2D eigenvalue weighted by Crippen LogP contribution is 2.26. The van der Waals surface area contributed by atoms with Gasteiger partial charge in [-0.1, -0.05) is 36.4 Å². The molecule has 11 heteroatoms. The molecule has 4 rings (SSSR count). The maximum Gasteiger partial charge on any atom is 0.408 e. The van der Waals surface area contributed by atoms with Gasteiger partial charge in [-0.25, -0.2) is 22.9 Å². The molecule has 4 aromatic rings. The zero-order valence-corrected chi connectivity index (χ0v) is 22.3. The molecule has 210 valence electrons. The van der Waals surface area contributed by atoms with Gasteiger partial charge < -0.3 is 20.1 Å². The molecule has 0 saturated heterocycles. The number of benzene rings is 2. The number of nitrogens with zero attached hydrogens (tertiary/aromatic N) is 2. The zero-order chi connectivity index (χ0) is 28.9. The molecular formula is C29H29F3N4O4. The number of ether oxygens (including phenoxy) is 2. The summed E-state index contributed by atoms with van der Waals surface area (Å²) in [6, 6.07) is 14.2. The van der Waals surface area contributed by atoms with Gasteiger partial charge in [-0.15, -0.1) is 0 Å². The summed E-state index contributed by atoms with van der Waals surface area (Å²) >= 11 is 0. The van der Waals surface area contributed by atoms with Crippen molar-refractivity contribution >= 4 is 17.6 Å². The summed E-state index contributed by atoms with van der Waals surface area (Å²) in [4.78, 5) is 29.9. The summed E-state index contributed by atoms with van der Waals surface area (Å²) in [5, 5.41) is 5.12. The van der Waals surface area contributed by atoms with Gasteiger partial charge in [-0.3, -0.25) is 9.20 Å². The van der Waals surface area contributed by atoms with Crippen LogP contribution in [0.3, 0.4) is 0 Å². The van der Waals surface area contributed by atoms with E-state index in [9.17, 15) is 22.8 Å². The molecule has 0 radical (unpaired) electrons. The summed E-state index contributed by atoms with van der Waals surface area (Å²) in [7, 11) is 0. The molecule has 8 nitrogen and oxygen atoms in total. The number of fused-ring (bicyclic) bond motifs is 1. The van der Waals surface area contributed by atoms with Crippen molar-refractivity contribution in [1.29, 1.82) is 0 Å². The topological polar surface area (TPSA) is 94.0 Å². The first kappa shape index (κ1) is 28.5. The Morgan fingerprint density at radius 2 is 1.73 bits per heavy atom. The second kappa shape index (κ2) is 12.1. The highest BCUT2D eigenvalue weighted by atomic mass is 19.1. The van der Waals surface area contributed by atoms with E-state index in [-0.39, 0.29) is 42.4 Å². The van der Waals surface area contributed by atoms with Crippen LogP contribution in [-0.4, -0.2) is 40.1 Å². The van der Waals surface area contributed by atoms with Gasteiger partial charge in [0.25, 0.3) is 5.91 Å². The highest BCUT2D eigenvalue weighted by molar-refractivity contribution is 5.95. The lowest BCUT2D eigenvalue weighted by Crippen LogP contribution is -2.55. The van der Waals surface area contributed by atoms with Crippen LogP contribution in [0.2, 0.25) is 0 Å². The molecule has 0 bridgehead atoms. The third kappa shape index (κ3) is 6.53. The normalized spacial score (nSPS) is 12.6. The van der Waals surface area contributed by atoms with E-state index < -0.39 is 35.8 Å². The van der Waals surface area contributed by atoms with Crippen molar-refractivity contribution < 1.29 is 32.2 Å². The average Bonchev–Trinajstić information content (AvgIpc) is 3.26. The molecule has 0 aliphatic carbocycles. The molecular weight excluding hydrogens is 525 g/mol. The van der Waals surface area contributed by atoms with Crippen LogP contribution in [0.25, 0.3) is 5.65 Å². The molecule has 2 N–H and O–H groups in total. The lowest BCUT2D eigenvalue weighted by atomic mass is 10.1. The summed E-state index contributed by atoms with van der Waals surface area (Å²) in [5.74, 6) is -1.82. The molecule has 0 spiro atoms. The SMILES string of the molecule is Cc1cc(OCc2c(F)cccc2F)c2nc(C)c(C(=O)NCC(C)(CF)NC(=O)OCc3ccccc3)n2c1. The van der Waals surface area contributed by atoms with Gasteiger partial charge in [0, 0.05) is 12.7 Å². The van der Waals surface area contributed by atoms with Gasteiger partial charge in [-0.05, 0) is 50.1 Å². The van der Waals surface area contributed by atoms with Crippen LogP contribution in [0.15, 0.2) is 60.8 Å². The Bertz CT molecular complexity index is 1510. The van der Waals surface area contributed by atoms with Crippen LogP contribution in [0.1, 0.15) is 39.8 Å². The predicted octanol–water partition coefficient (Wildman–Crippen LogP) is 5.19. The number of nitrogens with one attached hydrogen (secondary N) is 2. The third-order valence-electron chi connectivity index (χ3n) is 6.20. The summed E-state index contributed by atoms with van der Waals surface area (Å²) < 4.78 is 54.5. The average molecular weight is 555 g/mol. The predicted molar refractivity (Wildman–Crippen MR) is 142 cm³/mol. The van der Waals surface area contributed by atoms with Gasteiger partial charge in [-0.2, -0.15) is 0 Å². The minimum Gasteiger partial charge on any atom is -0.485 e. The molecule has 2 heterocycles. The highest BCUT2D eigenvalue weighted by Gasteiger charge is 2.29. The molecule has 0 saturated carbocycles. The van der Waals surface area contributed by atoms with Gasteiger partial charge in [0.2, 0.25) is 0 Å². The molecule has 2 aromatic carbocycles. The number of alkyl carbamates (subject to hydrolysis) is 1. The number of hydrogen-bond donors (Lipinski definition) is 2. The molecule has 0 aliphatic heterocycles. The van der Waals surface area contributed by atoms with E-state index in [2.05, 4.69) is 15.6 Å². The smallest absolute Gasteiger partial charge is 0.408 e. The molecule has 2 aromatic heterocycles. The second-order valence-corrected chi connectivity index (χ2v) is 9.67. The molecule has 40 heavy (non-hydrogen) atoms. The largest absolute Gasteiger partial charge is 0.485 e. The van der Waals surface area contributed by atoms with Gasteiger partial charge in [0.1, 0.15) is 37.2 Å². The number of aromatic nitrogens is 2. The number of hydrogen-bond acceptors (Lipinski definition) is 5. The molecule has 1 atom stereocenters. The minimum absolute atomic E-state index is 0.00964. The van der Waals surface area contributed by atoms with Crippen molar-refractivity contribution in [1.82, 2.24) is 20.0 Å². The molecule has 0 fully saturated rings. The van der Waals surface area contributed by atoms with Crippen molar-refractivity contribution in [2.75, 3.05) is 13.2 Å². The summed E-state index contributed by atoms with van der Waals surface area (Å²) in [5.41, 5.74) is 0.569. The lowest BCUT2D eigenvalue weighted by Gasteiger charge is -2.27. The van der Waals surface area contributed by atoms with Crippen LogP contribution in [0.4, 0.5) is 18.0 Å². The number of aryl methyl sites for hydroxylation is 2. The Morgan fingerprint density at radius 1 is 1.02 bits per heavy atom. The first-order valence-electron chi connectivity index (χ1n) is 12.5. The van der Waals surface area contributed by atoms with Crippen molar-refractivity contribution in [3.63, 3.8) is 0 Å². The molecule has 1 unspecified atom stereocenters. The first-order valence-corrected chi connectivity index (χ1v) is 12.5. The standard InChI is InChI=1S/C29H29F3N4O4/c1-18-12-24(39-15-21-22(31)10-7-11-23(21)32)26-34-19(2)25(36(26)13-18)27(37)33-17-29(3,16-30)35-28(38)40-14-20-8-5-4-6-9-20/h4-13H,14-17H2,1-3H3,(H,33,37)(H,35,38). The van der Waals surface area contributed by atoms with Crippen LogP contribution >= 0.6 is 0 Å². The zero-order valence-electron chi connectivity index (χ0n) is 22.3. The van der Waals surface area contributed by atoms with E-state index in [1.54, 1.807) is 50.4 Å². The maximum absolute atomic E-state index is 14.1. The number of amides is 2. The Labute approximate surface area is 229 Å². The number of pyridine rings is 1. The van der Waals surface area contributed by atoms with Crippen molar-refractivity contribution in [3.8, 4) is 5.75 Å². The number of imidazole rings is 1. The van der Waals surface area contributed by atoms with Gasteiger partial charge in [0.15, 0.2) is 11.4 Å². The van der Waals surface area contributed by atoms with Crippen LogP contribution in [-0.2, 0) is 18.0 Å². The van der Waals surface area contributed by atoms with Crippen molar-refractivity contribution in [2.24, 2.45) is 0 Å². The number of alkyl halides is 1. The quantitative estimate of drug-likeness (QED) is 0.281. The fraction of sp³-hybridized carbons (Fsp3) is 0.276. The summed E-state index contributed by atoms with van der Waals surface area (Å²) in [6.07, 6.45) is 0.835. The monoisotopic (exact) mass is 554 g/mol.